The average Bonchev–Trinajstić information content (AvgIpc) is 2.58. The molecule has 3 aromatic rings. The molecule has 2 N–H and O–H groups in total. The lowest BCUT2D eigenvalue weighted by molar-refractivity contribution is 0.103. The molecule has 0 aliphatic heterocycles. The number of nitrogens with zero attached hydrogens (tertiary/aromatic N) is 1. The SMILES string of the molecule is O=C(c1ccncc1)c1ccc(Nc2ccc(O)cc2)cc1. The van der Waals surface area contributed by atoms with Gasteiger partial charge in [0, 0.05) is 34.9 Å². The van der Waals surface area contributed by atoms with Crippen LogP contribution in [0.4, 0.5) is 11.4 Å². The molecule has 0 saturated carbocycles. The number of aromatic hydroxyl groups is 1. The molecular formula is C18H14N2O2. The van der Waals surface area contributed by atoms with E-state index in [1.807, 2.05) is 12.1 Å². The molecule has 0 amide bonds. The third-order valence-corrected chi connectivity index (χ3v) is 3.25. The first-order valence-electron chi connectivity index (χ1n) is 6.83. The summed E-state index contributed by atoms with van der Waals surface area (Å²) in [5.74, 6) is 0.197. The molecule has 2 aromatic carbocycles. The molecule has 4 heteroatoms. The molecule has 0 fully saturated rings. The van der Waals surface area contributed by atoms with Gasteiger partial charge in [0.15, 0.2) is 5.78 Å². The maximum absolute atomic E-state index is 12.3. The van der Waals surface area contributed by atoms with Crippen LogP contribution in [0.3, 0.4) is 0 Å². The van der Waals surface area contributed by atoms with Crippen molar-refractivity contribution in [2.45, 2.75) is 0 Å². The highest BCUT2D eigenvalue weighted by Crippen LogP contribution is 2.20. The molecule has 0 spiro atoms. The highest BCUT2D eigenvalue weighted by atomic mass is 16.3. The molecule has 1 heterocycles. The fourth-order valence-electron chi connectivity index (χ4n) is 2.09. The van der Waals surface area contributed by atoms with E-state index in [1.54, 1.807) is 60.9 Å². The predicted molar refractivity (Wildman–Crippen MR) is 85.5 cm³/mol. The van der Waals surface area contributed by atoms with Crippen LogP contribution >= 0.6 is 0 Å². The van der Waals surface area contributed by atoms with E-state index in [0.29, 0.717) is 11.1 Å². The topological polar surface area (TPSA) is 62.2 Å². The Morgan fingerprint density at radius 2 is 1.27 bits per heavy atom. The average molecular weight is 290 g/mol. The maximum Gasteiger partial charge on any atom is 0.193 e. The van der Waals surface area contributed by atoms with Crippen LogP contribution in [-0.2, 0) is 0 Å². The fraction of sp³-hybridized carbons (Fsp3) is 0. The number of ketones is 1. The highest BCUT2D eigenvalue weighted by Gasteiger charge is 2.08. The molecule has 1 aromatic heterocycles. The minimum Gasteiger partial charge on any atom is -0.508 e. The van der Waals surface area contributed by atoms with Crippen LogP contribution in [0.1, 0.15) is 15.9 Å². The zero-order valence-corrected chi connectivity index (χ0v) is 11.7. The monoisotopic (exact) mass is 290 g/mol. The largest absolute Gasteiger partial charge is 0.508 e. The van der Waals surface area contributed by atoms with Crippen LogP contribution in [0.2, 0.25) is 0 Å². The van der Waals surface area contributed by atoms with Gasteiger partial charge in [-0.1, -0.05) is 0 Å². The van der Waals surface area contributed by atoms with Crippen molar-refractivity contribution in [1.29, 1.82) is 0 Å². The van der Waals surface area contributed by atoms with Gasteiger partial charge in [-0.3, -0.25) is 9.78 Å². The standard InChI is InChI=1S/C18H14N2O2/c21-17-7-5-16(6-8-17)20-15-3-1-13(2-4-15)18(22)14-9-11-19-12-10-14/h1-12,20-21H. The number of benzene rings is 2. The third kappa shape index (κ3) is 3.12. The van der Waals surface area contributed by atoms with Crippen molar-refractivity contribution in [3.05, 3.63) is 84.2 Å². The third-order valence-electron chi connectivity index (χ3n) is 3.25. The first kappa shape index (κ1) is 13.8. The Morgan fingerprint density at radius 3 is 1.86 bits per heavy atom. The number of hydrogen-bond donors (Lipinski definition) is 2. The number of rotatable bonds is 4. The Labute approximate surface area is 128 Å². The van der Waals surface area contributed by atoms with Crippen LogP contribution in [0, 0.1) is 0 Å². The van der Waals surface area contributed by atoms with Crippen molar-refractivity contribution in [2.75, 3.05) is 5.32 Å². The van der Waals surface area contributed by atoms with Gasteiger partial charge in [-0.25, -0.2) is 0 Å². The van der Waals surface area contributed by atoms with E-state index in [9.17, 15) is 9.90 Å². The zero-order valence-electron chi connectivity index (χ0n) is 11.7. The lowest BCUT2D eigenvalue weighted by atomic mass is 10.0. The summed E-state index contributed by atoms with van der Waals surface area (Å²) in [6.07, 6.45) is 3.21. The lowest BCUT2D eigenvalue weighted by Crippen LogP contribution is -2.01. The number of carbonyl (C=O) groups is 1. The van der Waals surface area contributed by atoms with Gasteiger partial charge in [0.2, 0.25) is 0 Å². The number of phenols is 1. The molecule has 22 heavy (non-hydrogen) atoms. The van der Waals surface area contributed by atoms with Crippen molar-refractivity contribution in [1.82, 2.24) is 4.98 Å². The number of aromatic nitrogens is 1. The van der Waals surface area contributed by atoms with Crippen LogP contribution < -0.4 is 5.32 Å². The van der Waals surface area contributed by atoms with E-state index in [0.717, 1.165) is 11.4 Å². The number of hydrogen-bond acceptors (Lipinski definition) is 4. The van der Waals surface area contributed by atoms with Crippen molar-refractivity contribution in [2.24, 2.45) is 0 Å². The fourth-order valence-corrected chi connectivity index (χ4v) is 2.09. The zero-order chi connectivity index (χ0) is 15.4. The Morgan fingerprint density at radius 1 is 0.773 bits per heavy atom. The number of nitrogens with one attached hydrogen (secondary N) is 1. The highest BCUT2D eigenvalue weighted by molar-refractivity contribution is 6.09. The van der Waals surface area contributed by atoms with Gasteiger partial charge < -0.3 is 10.4 Å². The molecule has 0 aliphatic carbocycles. The first-order chi connectivity index (χ1) is 10.7. The van der Waals surface area contributed by atoms with E-state index >= 15 is 0 Å². The summed E-state index contributed by atoms with van der Waals surface area (Å²) >= 11 is 0. The Kier molecular flexibility index (Phi) is 3.83. The molecule has 0 atom stereocenters. The van der Waals surface area contributed by atoms with Gasteiger partial charge in [-0.15, -0.1) is 0 Å². The first-order valence-corrected chi connectivity index (χ1v) is 6.83. The van der Waals surface area contributed by atoms with Gasteiger partial charge in [0.1, 0.15) is 5.75 Å². The second-order valence-electron chi connectivity index (χ2n) is 4.81. The molecule has 0 saturated heterocycles. The smallest absolute Gasteiger partial charge is 0.193 e. The predicted octanol–water partition coefficient (Wildman–Crippen LogP) is 3.76. The second-order valence-corrected chi connectivity index (χ2v) is 4.81. The number of phenolic OH excluding ortho intramolecular Hbond substituents is 1. The maximum atomic E-state index is 12.3. The number of anilines is 2. The minimum atomic E-state index is -0.0291. The minimum absolute atomic E-state index is 0.0291. The number of carbonyl (C=O) groups excluding carboxylic acids is 1. The molecular weight excluding hydrogens is 276 g/mol. The molecule has 0 unspecified atom stereocenters. The Hall–Kier alpha value is -3.14. The summed E-state index contributed by atoms with van der Waals surface area (Å²) in [5, 5.41) is 12.5. The molecule has 4 nitrogen and oxygen atoms in total. The van der Waals surface area contributed by atoms with Gasteiger partial charge in [-0.2, -0.15) is 0 Å². The Bertz CT molecular complexity index is 766. The molecule has 0 radical (unpaired) electrons. The molecule has 0 bridgehead atoms. The van der Waals surface area contributed by atoms with Crippen LogP contribution in [-0.4, -0.2) is 15.9 Å². The molecule has 108 valence electrons. The van der Waals surface area contributed by atoms with Crippen molar-refractivity contribution in [3.63, 3.8) is 0 Å². The van der Waals surface area contributed by atoms with Gasteiger partial charge in [0.05, 0.1) is 0 Å². The normalized spacial score (nSPS) is 10.2. The van der Waals surface area contributed by atoms with E-state index in [1.165, 1.54) is 0 Å². The quantitative estimate of drug-likeness (QED) is 0.567. The van der Waals surface area contributed by atoms with Gasteiger partial charge in [-0.05, 0) is 60.7 Å². The van der Waals surface area contributed by atoms with Crippen LogP contribution in [0.15, 0.2) is 73.1 Å². The number of pyridine rings is 1. The second kappa shape index (κ2) is 6.10. The van der Waals surface area contributed by atoms with E-state index in [-0.39, 0.29) is 11.5 Å². The van der Waals surface area contributed by atoms with E-state index < -0.39 is 0 Å². The van der Waals surface area contributed by atoms with Crippen LogP contribution in [0.25, 0.3) is 0 Å². The summed E-state index contributed by atoms with van der Waals surface area (Å²) < 4.78 is 0. The van der Waals surface area contributed by atoms with Crippen molar-refractivity contribution < 1.29 is 9.90 Å². The molecule has 0 aliphatic rings. The van der Waals surface area contributed by atoms with Crippen molar-refractivity contribution >= 4 is 17.2 Å². The lowest BCUT2D eigenvalue weighted by Gasteiger charge is -2.07. The van der Waals surface area contributed by atoms with Crippen LogP contribution in [0.5, 0.6) is 5.75 Å². The van der Waals surface area contributed by atoms with Crippen molar-refractivity contribution in [3.8, 4) is 5.75 Å². The summed E-state index contributed by atoms with van der Waals surface area (Å²) in [4.78, 5) is 16.2. The van der Waals surface area contributed by atoms with Gasteiger partial charge >= 0.3 is 0 Å². The molecule has 3 rings (SSSR count). The summed E-state index contributed by atoms with van der Waals surface area (Å²) in [7, 11) is 0. The summed E-state index contributed by atoms with van der Waals surface area (Å²) in [5.41, 5.74) is 2.99. The van der Waals surface area contributed by atoms with Gasteiger partial charge in [0.25, 0.3) is 0 Å². The summed E-state index contributed by atoms with van der Waals surface area (Å²) in [6.45, 7) is 0. The van der Waals surface area contributed by atoms with E-state index in [4.69, 9.17) is 0 Å². The summed E-state index contributed by atoms with van der Waals surface area (Å²) in [6, 6.07) is 17.5. The van der Waals surface area contributed by atoms with E-state index in [2.05, 4.69) is 10.3 Å². The Balaban J connectivity index is 1.75.